The fourth-order valence-corrected chi connectivity index (χ4v) is 4.85. The number of pyridine rings is 2. The molecule has 5 N–H and O–H groups in total. The molecule has 3 heterocycles. The van der Waals surface area contributed by atoms with Gasteiger partial charge in [-0.2, -0.15) is 0 Å². The second-order valence-electron chi connectivity index (χ2n) is 9.21. The Morgan fingerprint density at radius 1 is 1.06 bits per heavy atom. The Balaban J connectivity index is 1.48. The van der Waals surface area contributed by atoms with Crippen molar-refractivity contribution in [3.63, 3.8) is 0 Å². The van der Waals surface area contributed by atoms with Crippen LogP contribution in [-0.2, 0) is 0 Å². The number of nitrogens with two attached hydrogens (primary N) is 2. The molecule has 8 heteroatoms. The van der Waals surface area contributed by atoms with E-state index in [4.69, 9.17) is 21.2 Å². The molecule has 0 bridgehead atoms. The molecular formula is C26H33N7O. The van der Waals surface area contributed by atoms with Crippen LogP contribution in [0.25, 0.3) is 32.6 Å². The van der Waals surface area contributed by atoms with E-state index in [0.717, 1.165) is 95.3 Å². The molecule has 4 aromatic rings. The number of nitrogen functional groups attached to an aromatic ring is 2. The Morgan fingerprint density at radius 2 is 1.85 bits per heavy atom. The number of likely N-dealkylation sites (N-methyl/N-ethyl adjacent to an activating group) is 1. The third kappa shape index (κ3) is 4.03. The van der Waals surface area contributed by atoms with Crippen LogP contribution < -0.4 is 21.5 Å². The number of methoxy groups -OCH3 is 1. The number of nitrogens with one attached hydrogen (secondary N) is 1. The second kappa shape index (κ2) is 9.12. The lowest BCUT2D eigenvalue weighted by molar-refractivity contribution is 0.154. The third-order valence-electron chi connectivity index (χ3n) is 7.00. The minimum Gasteiger partial charge on any atom is -0.495 e. The van der Waals surface area contributed by atoms with Crippen molar-refractivity contribution >= 4 is 49.8 Å². The molecule has 0 unspecified atom stereocenters. The van der Waals surface area contributed by atoms with Gasteiger partial charge in [0.2, 0.25) is 0 Å². The van der Waals surface area contributed by atoms with Crippen LogP contribution in [0.4, 0.5) is 17.2 Å². The SMILES string of the molecule is COc1cc2c(cc1NCCCN1CCN(C)CC1)ncc1c(N)nc3c(C)c(N)ccc3c12. The number of rotatable bonds is 6. The predicted molar refractivity (Wildman–Crippen MR) is 142 cm³/mol. The van der Waals surface area contributed by atoms with Crippen molar-refractivity contribution in [2.75, 3.05) is 70.2 Å². The number of hydrogen-bond donors (Lipinski definition) is 3. The highest BCUT2D eigenvalue weighted by Crippen LogP contribution is 2.38. The van der Waals surface area contributed by atoms with Gasteiger partial charge in [0.05, 0.1) is 23.8 Å². The number of ether oxygens (including phenoxy) is 1. The molecule has 0 radical (unpaired) electrons. The number of benzene rings is 2. The van der Waals surface area contributed by atoms with Crippen molar-refractivity contribution < 1.29 is 4.74 Å². The highest BCUT2D eigenvalue weighted by molar-refractivity contribution is 6.22. The van der Waals surface area contributed by atoms with Gasteiger partial charge in [-0.05, 0) is 50.7 Å². The van der Waals surface area contributed by atoms with E-state index in [0.29, 0.717) is 11.5 Å². The summed E-state index contributed by atoms with van der Waals surface area (Å²) in [6.07, 6.45) is 2.89. The third-order valence-corrected chi connectivity index (χ3v) is 7.00. The van der Waals surface area contributed by atoms with Crippen LogP contribution in [0.15, 0.2) is 30.5 Å². The average Bonchev–Trinajstić information content (AvgIpc) is 2.84. The molecule has 2 aromatic heterocycles. The molecular weight excluding hydrogens is 426 g/mol. The first kappa shape index (κ1) is 22.4. The molecule has 178 valence electrons. The van der Waals surface area contributed by atoms with Crippen LogP contribution in [0.5, 0.6) is 5.75 Å². The molecule has 1 saturated heterocycles. The van der Waals surface area contributed by atoms with Gasteiger partial charge in [-0.25, -0.2) is 4.98 Å². The fraction of sp³-hybridized carbons (Fsp3) is 0.385. The van der Waals surface area contributed by atoms with Gasteiger partial charge in [0, 0.05) is 66.2 Å². The molecule has 0 atom stereocenters. The molecule has 34 heavy (non-hydrogen) atoms. The lowest BCUT2D eigenvalue weighted by Gasteiger charge is -2.32. The summed E-state index contributed by atoms with van der Waals surface area (Å²) in [6, 6.07) is 8.06. The zero-order chi connectivity index (χ0) is 23.8. The summed E-state index contributed by atoms with van der Waals surface area (Å²) >= 11 is 0. The maximum Gasteiger partial charge on any atom is 0.142 e. The number of aromatic nitrogens is 2. The van der Waals surface area contributed by atoms with Crippen molar-refractivity contribution in [3.8, 4) is 5.75 Å². The highest BCUT2D eigenvalue weighted by Gasteiger charge is 2.16. The van der Waals surface area contributed by atoms with Gasteiger partial charge in [-0.3, -0.25) is 4.98 Å². The molecule has 1 aliphatic heterocycles. The first-order chi connectivity index (χ1) is 16.5. The van der Waals surface area contributed by atoms with E-state index in [1.165, 1.54) is 0 Å². The monoisotopic (exact) mass is 459 g/mol. The predicted octanol–water partition coefficient (Wildman–Crippen LogP) is 3.47. The Bertz CT molecular complexity index is 1360. The first-order valence-corrected chi connectivity index (χ1v) is 11.9. The van der Waals surface area contributed by atoms with Crippen LogP contribution in [0.3, 0.4) is 0 Å². The lowest BCUT2D eigenvalue weighted by atomic mass is 9.99. The number of fused-ring (bicyclic) bond motifs is 5. The molecule has 5 rings (SSSR count). The average molecular weight is 460 g/mol. The quantitative estimate of drug-likeness (QED) is 0.229. The van der Waals surface area contributed by atoms with Crippen molar-refractivity contribution in [2.45, 2.75) is 13.3 Å². The van der Waals surface area contributed by atoms with Crippen LogP contribution in [0.2, 0.25) is 0 Å². The van der Waals surface area contributed by atoms with E-state index < -0.39 is 0 Å². The summed E-state index contributed by atoms with van der Waals surface area (Å²) in [5.74, 6) is 1.24. The summed E-state index contributed by atoms with van der Waals surface area (Å²) in [7, 11) is 3.89. The Kier molecular flexibility index (Phi) is 6.02. The van der Waals surface area contributed by atoms with Crippen LogP contribution in [0.1, 0.15) is 12.0 Å². The first-order valence-electron chi connectivity index (χ1n) is 11.9. The molecule has 8 nitrogen and oxygen atoms in total. The van der Waals surface area contributed by atoms with E-state index in [2.05, 4.69) is 39.3 Å². The second-order valence-corrected chi connectivity index (χ2v) is 9.21. The maximum absolute atomic E-state index is 6.34. The van der Waals surface area contributed by atoms with Crippen molar-refractivity contribution in [1.82, 2.24) is 19.8 Å². The zero-order valence-electron chi connectivity index (χ0n) is 20.2. The summed E-state index contributed by atoms with van der Waals surface area (Å²) in [5, 5.41) is 7.42. The molecule has 2 aromatic carbocycles. The molecule has 0 saturated carbocycles. The largest absolute Gasteiger partial charge is 0.495 e. The normalized spacial score (nSPS) is 15.4. The summed E-state index contributed by atoms with van der Waals surface area (Å²) in [4.78, 5) is 14.3. The molecule has 1 fully saturated rings. The van der Waals surface area contributed by atoms with E-state index in [1.54, 1.807) is 7.11 Å². The summed E-state index contributed by atoms with van der Waals surface area (Å²) in [5.41, 5.74) is 16.8. The van der Waals surface area contributed by atoms with E-state index in [1.807, 2.05) is 25.3 Å². The van der Waals surface area contributed by atoms with E-state index in [-0.39, 0.29) is 0 Å². The number of piperazine rings is 1. The van der Waals surface area contributed by atoms with Crippen molar-refractivity contribution in [3.05, 3.63) is 36.0 Å². The van der Waals surface area contributed by atoms with Crippen molar-refractivity contribution in [1.29, 1.82) is 0 Å². The van der Waals surface area contributed by atoms with Crippen LogP contribution in [-0.4, -0.2) is 73.2 Å². The fourth-order valence-electron chi connectivity index (χ4n) is 4.85. The molecule has 1 aliphatic rings. The van der Waals surface area contributed by atoms with Gasteiger partial charge in [0.25, 0.3) is 0 Å². The Labute approximate surface area is 199 Å². The van der Waals surface area contributed by atoms with E-state index >= 15 is 0 Å². The Hall–Kier alpha value is -3.36. The Morgan fingerprint density at radius 3 is 2.62 bits per heavy atom. The zero-order valence-corrected chi connectivity index (χ0v) is 20.2. The molecule has 0 spiro atoms. The smallest absolute Gasteiger partial charge is 0.142 e. The lowest BCUT2D eigenvalue weighted by Crippen LogP contribution is -2.44. The molecule has 0 amide bonds. The van der Waals surface area contributed by atoms with Gasteiger partial charge >= 0.3 is 0 Å². The maximum atomic E-state index is 6.34. The van der Waals surface area contributed by atoms with E-state index in [9.17, 15) is 0 Å². The van der Waals surface area contributed by atoms with Crippen LogP contribution in [0, 0.1) is 6.92 Å². The standard InChI is InChI=1S/C26H33N7O/c1-16-20(27)6-5-17-24-18-13-23(34-3)22(29-7-4-8-33-11-9-32(2)10-12-33)14-21(18)30-15-19(24)26(28)31-25(16)17/h5-6,13-15,29H,4,7-12,27H2,1-3H3,(H2,28,31). The van der Waals surface area contributed by atoms with Gasteiger partial charge in [0.15, 0.2) is 0 Å². The topological polar surface area (TPSA) is 106 Å². The van der Waals surface area contributed by atoms with Gasteiger partial charge < -0.3 is 31.3 Å². The minimum absolute atomic E-state index is 0.454. The highest BCUT2D eigenvalue weighted by atomic mass is 16.5. The minimum atomic E-state index is 0.454. The van der Waals surface area contributed by atoms with Gasteiger partial charge in [0.1, 0.15) is 11.6 Å². The number of aryl methyl sites for hydroxylation is 1. The summed E-state index contributed by atoms with van der Waals surface area (Å²) < 4.78 is 5.77. The van der Waals surface area contributed by atoms with Crippen molar-refractivity contribution in [2.24, 2.45) is 0 Å². The number of hydrogen-bond acceptors (Lipinski definition) is 8. The van der Waals surface area contributed by atoms with Gasteiger partial charge in [-0.15, -0.1) is 0 Å². The number of anilines is 3. The molecule has 0 aliphatic carbocycles. The number of nitrogens with zero attached hydrogens (tertiary/aromatic N) is 4. The van der Waals surface area contributed by atoms with Gasteiger partial charge in [-0.1, -0.05) is 6.07 Å². The summed E-state index contributed by atoms with van der Waals surface area (Å²) in [6.45, 7) is 8.52. The van der Waals surface area contributed by atoms with Crippen LogP contribution >= 0.6 is 0 Å².